The van der Waals surface area contributed by atoms with Gasteiger partial charge in [0.15, 0.2) is 5.12 Å². The molecule has 198 valence electrons. The Hall–Kier alpha value is -4.02. The van der Waals surface area contributed by atoms with Crippen LogP contribution >= 0.6 is 11.8 Å². The van der Waals surface area contributed by atoms with Crippen LogP contribution in [0.15, 0.2) is 66.9 Å². The number of amides is 2. The fourth-order valence-electron chi connectivity index (χ4n) is 4.67. The molecule has 1 fully saturated rings. The van der Waals surface area contributed by atoms with Gasteiger partial charge in [0.25, 0.3) is 0 Å². The van der Waals surface area contributed by atoms with Crippen molar-refractivity contribution < 1.29 is 9.59 Å². The van der Waals surface area contributed by atoms with Gasteiger partial charge in [-0.2, -0.15) is 5.10 Å². The summed E-state index contributed by atoms with van der Waals surface area (Å²) in [7, 11) is 0. The first-order chi connectivity index (χ1) is 18.7. The fourth-order valence-corrected chi connectivity index (χ4v) is 5.71. The van der Waals surface area contributed by atoms with E-state index in [-0.39, 0.29) is 22.5 Å². The van der Waals surface area contributed by atoms with Crippen LogP contribution in [-0.2, 0) is 10.2 Å². The number of carbonyl (C=O) groups is 2. The smallest absolute Gasteiger partial charge is 0.307 e. The highest BCUT2D eigenvalue weighted by molar-refractivity contribution is 8.14. The normalized spacial score (nSPS) is 15.2. The molecular formula is C32H32N4O2S. The lowest BCUT2D eigenvalue weighted by molar-refractivity contribution is -0.113. The third-order valence-electron chi connectivity index (χ3n) is 6.98. The zero-order valence-electron chi connectivity index (χ0n) is 22.7. The number of aryl methyl sites for hydroxylation is 1. The number of nitrogens with zero attached hydrogens (tertiary/aromatic N) is 2. The summed E-state index contributed by atoms with van der Waals surface area (Å²) in [5.74, 6) is 7.95. The van der Waals surface area contributed by atoms with Crippen LogP contribution in [0.3, 0.4) is 0 Å². The molecule has 2 heterocycles. The van der Waals surface area contributed by atoms with Gasteiger partial charge in [-0.05, 0) is 53.5 Å². The minimum Gasteiger partial charge on any atom is -0.307 e. The first kappa shape index (κ1) is 26.6. The van der Waals surface area contributed by atoms with Gasteiger partial charge in [-0.1, -0.05) is 80.8 Å². The van der Waals surface area contributed by atoms with E-state index in [2.05, 4.69) is 66.5 Å². The SMILES string of the molecule is Cc1ccc(C(C)(C)C)cc1-n1nccc1NC(=O)Nc1ccc(C#CCC2CCSC2=O)c2ccccc12. The van der Waals surface area contributed by atoms with Crippen molar-refractivity contribution in [3.63, 3.8) is 0 Å². The van der Waals surface area contributed by atoms with E-state index in [4.69, 9.17) is 0 Å². The second-order valence-electron chi connectivity index (χ2n) is 10.8. The molecule has 2 amide bonds. The van der Waals surface area contributed by atoms with Crippen molar-refractivity contribution in [2.24, 2.45) is 5.92 Å². The first-order valence-electron chi connectivity index (χ1n) is 13.1. The van der Waals surface area contributed by atoms with E-state index in [0.29, 0.717) is 17.9 Å². The molecule has 4 aromatic rings. The van der Waals surface area contributed by atoms with E-state index in [0.717, 1.165) is 39.8 Å². The van der Waals surface area contributed by atoms with Crippen LogP contribution < -0.4 is 10.6 Å². The monoisotopic (exact) mass is 536 g/mol. The van der Waals surface area contributed by atoms with Gasteiger partial charge >= 0.3 is 6.03 Å². The largest absolute Gasteiger partial charge is 0.324 e. The van der Waals surface area contributed by atoms with E-state index in [1.165, 1.54) is 17.3 Å². The number of hydrogen-bond acceptors (Lipinski definition) is 4. The van der Waals surface area contributed by atoms with Crippen molar-refractivity contribution in [1.29, 1.82) is 0 Å². The number of anilines is 2. The van der Waals surface area contributed by atoms with Crippen molar-refractivity contribution in [1.82, 2.24) is 9.78 Å². The molecule has 0 radical (unpaired) electrons. The fraction of sp³-hybridized carbons (Fsp3) is 0.281. The lowest BCUT2D eigenvalue weighted by atomic mass is 9.86. The molecule has 7 heteroatoms. The molecule has 0 aliphatic carbocycles. The quantitative estimate of drug-likeness (QED) is 0.268. The highest BCUT2D eigenvalue weighted by atomic mass is 32.2. The molecule has 0 saturated carbocycles. The summed E-state index contributed by atoms with van der Waals surface area (Å²) in [5.41, 5.74) is 4.74. The Labute approximate surface area is 233 Å². The van der Waals surface area contributed by atoms with E-state index < -0.39 is 0 Å². The maximum Gasteiger partial charge on any atom is 0.324 e. The molecule has 1 atom stereocenters. The van der Waals surface area contributed by atoms with Crippen LogP contribution in [0.4, 0.5) is 16.3 Å². The van der Waals surface area contributed by atoms with E-state index in [9.17, 15) is 9.59 Å². The Balaban J connectivity index is 1.36. The average molecular weight is 537 g/mol. The van der Waals surface area contributed by atoms with Crippen LogP contribution in [0.25, 0.3) is 16.5 Å². The number of rotatable bonds is 4. The Kier molecular flexibility index (Phi) is 7.49. The molecule has 39 heavy (non-hydrogen) atoms. The number of hydrogen-bond donors (Lipinski definition) is 2. The van der Waals surface area contributed by atoms with E-state index in [1.54, 1.807) is 16.9 Å². The lowest BCUT2D eigenvalue weighted by Crippen LogP contribution is -2.22. The van der Waals surface area contributed by atoms with Gasteiger partial charge in [-0.25, -0.2) is 9.48 Å². The predicted molar refractivity (Wildman–Crippen MR) is 161 cm³/mol. The third-order valence-corrected chi connectivity index (χ3v) is 8.03. The minimum atomic E-state index is -0.359. The van der Waals surface area contributed by atoms with Crippen molar-refractivity contribution in [3.8, 4) is 17.5 Å². The summed E-state index contributed by atoms with van der Waals surface area (Å²) >= 11 is 1.41. The molecule has 2 N–H and O–H groups in total. The number of urea groups is 1. The lowest BCUT2D eigenvalue weighted by Gasteiger charge is -2.21. The maximum atomic E-state index is 13.1. The molecule has 1 aromatic heterocycles. The van der Waals surface area contributed by atoms with Crippen LogP contribution in [-0.4, -0.2) is 26.7 Å². The van der Waals surface area contributed by atoms with Crippen molar-refractivity contribution in [2.75, 3.05) is 16.4 Å². The van der Waals surface area contributed by atoms with Gasteiger partial charge in [-0.15, -0.1) is 0 Å². The third kappa shape index (κ3) is 5.86. The van der Waals surface area contributed by atoms with E-state index in [1.807, 2.05) is 43.3 Å². The van der Waals surface area contributed by atoms with Crippen LogP contribution in [0.1, 0.15) is 50.3 Å². The number of nitrogens with one attached hydrogen (secondary N) is 2. The Bertz CT molecular complexity index is 1620. The van der Waals surface area contributed by atoms with Gasteiger partial charge in [0.1, 0.15) is 5.82 Å². The Morgan fingerprint density at radius 1 is 1.08 bits per heavy atom. The topological polar surface area (TPSA) is 76.0 Å². The number of thioether (sulfide) groups is 1. The van der Waals surface area contributed by atoms with Crippen LogP contribution in [0, 0.1) is 24.7 Å². The molecule has 3 aromatic carbocycles. The summed E-state index contributed by atoms with van der Waals surface area (Å²) in [5, 5.41) is 12.5. The molecule has 1 aliphatic rings. The number of carbonyl (C=O) groups excluding carboxylic acids is 2. The van der Waals surface area contributed by atoms with E-state index >= 15 is 0 Å². The zero-order chi connectivity index (χ0) is 27.6. The molecule has 0 spiro atoms. The van der Waals surface area contributed by atoms with Crippen molar-refractivity contribution >= 4 is 45.2 Å². The second kappa shape index (κ2) is 11.0. The van der Waals surface area contributed by atoms with Gasteiger partial charge in [-0.3, -0.25) is 10.1 Å². The number of aromatic nitrogens is 2. The highest BCUT2D eigenvalue weighted by Gasteiger charge is 2.24. The highest BCUT2D eigenvalue weighted by Crippen LogP contribution is 2.30. The average Bonchev–Trinajstić information content (AvgIpc) is 3.53. The molecule has 1 unspecified atom stereocenters. The van der Waals surface area contributed by atoms with Crippen molar-refractivity contribution in [2.45, 2.75) is 46.0 Å². The van der Waals surface area contributed by atoms with Crippen LogP contribution in [0.5, 0.6) is 0 Å². The zero-order valence-corrected chi connectivity index (χ0v) is 23.5. The maximum absolute atomic E-state index is 13.1. The van der Waals surface area contributed by atoms with Gasteiger partial charge in [0.05, 0.1) is 17.6 Å². The van der Waals surface area contributed by atoms with Gasteiger partial charge in [0.2, 0.25) is 0 Å². The Morgan fingerprint density at radius 2 is 1.87 bits per heavy atom. The molecule has 6 nitrogen and oxygen atoms in total. The minimum absolute atomic E-state index is 0.00877. The number of fused-ring (bicyclic) bond motifs is 1. The second-order valence-corrected chi connectivity index (χ2v) is 11.9. The van der Waals surface area contributed by atoms with Gasteiger partial charge in [0, 0.05) is 35.1 Å². The Morgan fingerprint density at radius 3 is 2.62 bits per heavy atom. The van der Waals surface area contributed by atoms with Gasteiger partial charge < -0.3 is 5.32 Å². The number of benzene rings is 3. The molecule has 0 bridgehead atoms. The predicted octanol–water partition coefficient (Wildman–Crippen LogP) is 7.30. The summed E-state index contributed by atoms with van der Waals surface area (Å²) in [6, 6.07) is 19.4. The molecule has 1 saturated heterocycles. The first-order valence-corrected chi connectivity index (χ1v) is 14.1. The molecule has 1 aliphatic heterocycles. The summed E-state index contributed by atoms with van der Waals surface area (Å²) in [6.07, 6.45) is 3.16. The van der Waals surface area contributed by atoms with Crippen molar-refractivity contribution in [3.05, 3.63) is 83.6 Å². The summed E-state index contributed by atoms with van der Waals surface area (Å²) < 4.78 is 1.76. The van der Waals surface area contributed by atoms with Crippen LogP contribution in [0.2, 0.25) is 0 Å². The summed E-state index contributed by atoms with van der Waals surface area (Å²) in [6.45, 7) is 8.56. The molecule has 5 rings (SSSR count). The molecular weight excluding hydrogens is 504 g/mol. The standard InChI is InChI=1S/C32H32N4O2S/c1-21-12-14-24(32(2,3)4)20-28(21)36-29(16-18-33-36)35-31(38)34-27-15-13-22(25-10-5-6-11-26(25)27)8-7-9-23-17-19-39-30(23)37/h5-6,10-16,18,20,23H,9,17,19H2,1-4H3,(H2,34,35,38). The summed E-state index contributed by atoms with van der Waals surface area (Å²) in [4.78, 5) is 25.0.